The van der Waals surface area contributed by atoms with Crippen molar-refractivity contribution in [1.82, 2.24) is 15.1 Å². The van der Waals surface area contributed by atoms with E-state index in [1.165, 1.54) is 0 Å². The topological polar surface area (TPSA) is 35.6 Å². The number of piperazine rings is 1. The fourth-order valence-corrected chi connectivity index (χ4v) is 3.48. The van der Waals surface area contributed by atoms with Crippen molar-refractivity contribution in [1.29, 1.82) is 0 Å². The van der Waals surface area contributed by atoms with E-state index in [1.54, 1.807) is 11.8 Å². The van der Waals surface area contributed by atoms with Crippen LogP contribution < -0.4 is 5.32 Å². The van der Waals surface area contributed by atoms with Gasteiger partial charge in [-0.2, -0.15) is 0 Å². The lowest BCUT2D eigenvalue weighted by Gasteiger charge is -2.46. The van der Waals surface area contributed by atoms with Gasteiger partial charge in [0.25, 0.3) is 5.91 Å². The fraction of sp³-hybridized carbons (Fsp3) is 0.533. The largest absolute Gasteiger partial charge is 0.335 e. The van der Waals surface area contributed by atoms with Crippen LogP contribution in [-0.4, -0.2) is 67.3 Å². The van der Waals surface area contributed by atoms with Gasteiger partial charge in [0.2, 0.25) is 0 Å². The van der Waals surface area contributed by atoms with Crippen LogP contribution in [0.1, 0.15) is 10.4 Å². The van der Waals surface area contributed by atoms with Crippen molar-refractivity contribution >= 4 is 17.7 Å². The summed E-state index contributed by atoms with van der Waals surface area (Å²) in [5.41, 5.74) is 0.846. The Bertz CT molecular complexity index is 482. The number of likely N-dealkylation sites (tertiary alicyclic amines) is 1. The van der Waals surface area contributed by atoms with E-state index in [4.69, 9.17) is 0 Å². The maximum atomic E-state index is 12.5. The third kappa shape index (κ3) is 2.71. The quantitative estimate of drug-likeness (QED) is 0.847. The van der Waals surface area contributed by atoms with Gasteiger partial charge in [-0.05, 0) is 18.4 Å². The predicted octanol–water partition coefficient (Wildman–Crippen LogP) is 1.14. The maximum absolute atomic E-state index is 12.5. The second-order valence-corrected chi connectivity index (χ2v) is 6.20. The van der Waals surface area contributed by atoms with Gasteiger partial charge in [-0.3, -0.25) is 9.69 Å². The molecule has 0 bridgehead atoms. The number of carbonyl (C=O) groups excluding carboxylic acids is 1. The molecule has 0 radical (unpaired) electrons. The first-order valence-corrected chi connectivity index (χ1v) is 8.39. The van der Waals surface area contributed by atoms with Crippen LogP contribution in [0.15, 0.2) is 29.2 Å². The summed E-state index contributed by atoms with van der Waals surface area (Å²) >= 11 is 1.64. The molecular weight excluding hydrogens is 270 g/mol. The first kappa shape index (κ1) is 13.9. The number of nitrogens with zero attached hydrogens (tertiary/aromatic N) is 2. The van der Waals surface area contributed by atoms with E-state index >= 15 is 0 Å². The molecule has 3 rings (SSSR count). The summed E-state index contributed by atoms with van der Waals surface area (Å²) in [7, 11) is 0. The molecule has 0 saturated carbocycles. The van der Waals surface area contributed by atoms with Crippen LogP contribution in [0.25, 0.3) is 0 Å². The Kier molecular flexibility index (Phi) is 4.29. The number of thioether (sulfide) groups is 1. The summed E-state index contributed by atoms with van der Waals surface area (Å²) in [5.74, 6) is 0.182. The normalized spacial score (nSPS) is 20.8. The van der Waals surface area contributed by atoms with Gasteiger partial charge in [-0.15, -0.1) is 11.8 Å². The number of rotatable bonds is 3. The molecule has 108 valence electrons. The van der Waals surface area contributed by atoms with Crippen molar-refractivity contribution in [3.05, 3.63) is 29.8 Å². The Balaban J connectivity index is 1.60. The van der Waals surface area contributed by atoms with Crippen molar-refractivity contribution in [3.63, 3.8) is 0 Å². The Morgan fingerprint density at radius 1 is 1.25 bits per heavy atom. The zero-order valence-electron chi connectivity index (χ0n) is 11.8. The maximum Gasteiger partial charge on any atom is 0.255 e. The molecule has 0 aliphatic carbocycles. The van der Waals surface area contributed by atoms with E-state index in [0.717, 1.165) is 49.7 Å². The lowest BCUT2D eigenvalue weighted by molar-refractivity contribution is 0.0224. The molecule has 2 heterocycles. The predicted molar refractivity (Wildman–Crippen MR) is 82.4 cm³/mol. The first-order valence-electron chi connectivity index (χ1n) is 7.16. The van der Waals surface area contributed by atoms with E-state index < -0.39 is 0 Å². The first-order chi connectivity index (χ1) is 9.79. The van der Waals surface area contributed by atoms with Gasteiger partial charge < -0.3 is 10.2 Å². The lowest BCUT2D eigenvalue weighted by Crippen LogP contribution is -2.63. The van der Waals surface area contributed by atoms with E-state index in [2.05, 4.69) is 10.2 Å². The van der Waals surface area contributed by atoms with Gasteiger partial charge in [0.05, 0.1) is 5.56 Å². The monoisotopic (exact) mass is 291 g/mol. The SMILES string of the molecule is CSc1ccccc1C(=O)N1CC(N2CCNCC2)C1. The molecule has 2 aliphatic rings. The fourth-order valence-electron chi connectivity index (χ4n) is 2.89. The highest BCUT2D eigenvalue weighted by atomic mass is 32.2. The van der Waals surface area contributed by atoms with Gasteiger partial charge in [-0.1, -0.05) is 12.1 Å². The number of hydrogen-bond acceptors (Lipinski definition) is 4. The minimum Gasteiger partial charge on any atom is -0.335 e. The summed E-state index contributed by atoms with van der Waals surface area (Å²) in [4.78, 5) is 18.1. The molecule has 0 spiro atoms. The van der Waals surface area contributed by atoms with Crippen molar-refractivity contribution in [3.8, 4) is 0 Å². The molecule has 2 aliphatic heterocycles. The summed E-state index contributed by atoms with van der Waals surface area (Å²) in [6, 6.07) is 8.45. The van der Waals surface area contributed by atoms with Crippen LogP contribution in [0, 0.1) is 0 Å². The summed E-state index contributed by atoms with van der Waals surface area (Å²) in [5, 5.41) is 3.37. The molecular formula is C15H21N3OS. The molecule has 0 unspecified atom stereocenters. The number of amides is 1. The molecule has 4 nitrogen and oxygen atoms in total. The molecule has 2 saturated heterocycles. The molecule has 1 N–H and O–H groups in total. The molecule has 5 heteroatoms. The van der Waals surface area contributed by atoms with Crippen LogP contribution in [0.5, 0.6) is 0 Å². The molecule has 1 aromatic carbocycles. The summed E-state index contributed by atoms with van der Waals surface area (Å²) in [6.07, 6.45) is 2.02. The highest BCUT2D eigenvalue weighted by Gasteiger charge is 2.35. The Labute approximate surface area is 124 Å². The summed E-state index contributed by atoms with van der Waals surface area (Å²) < 4.78 is 0. The molecule has 20 heavy (non-hydrogen) atoms. The van der Waals surface area contributed by atoms with Crippen molar-refractivity contribution in [2.45, 2.75) is 10.9 Å². The van der Waals surface area contributed by atoms with Crippen LogP contribution >= 0.6 is 11.8 Å². The van der Waals surface area contributed by atoms with E-state index in [9.17, 15) is 4.79 Å². The highest BCUT2D eigenvalue weighted by Crippen LogP contribution is 2.24. The van der Waals surface area contributed by atoms with Gasteiger partial charge in [0.15, 0.2) is 0 Å². The molecule has 1 aromatic rings. The third-order valence-corrected chi connectivity index (χ3v) is 4.95. The second-order valence-electron chi connectivity index (χ2n) is 5.35. The van der Waals surface area contributed by atoms with Gasteiger partial charge >= 0.3 is 0 Å². The Morgan fingerprint density at radius 2 is 1.95 bits per heavy atom. The van der Waals surface area contributed by atoms with E-state index in [1.807, 2.05) is 35.4 Å². The van der Waals surface area contributed by atoms with Crippen LogP contribution in [0.4, 0.5) is 0 Å². The molecule has 0 atom stereocenters. The molecule has 1 amide bonds. The smallest absolute Gasteiger partial charge is 0.255 e. The van der Waals surface area contributed by atoms with Crippen molar-refractivity contribution < 1.29 is 4.79 Å². The highest BCUT2D eigenvalue weighted by molar-refractivity contribution is 7.98. The van der Waals surface area contributed by atoms with Crippen LogP contribution in [-0.2, 0) is 0 Å². The van der Waals surface area contributed by atoms with Gasteiger partial charge in [0.1, 0.15) is 0 Å². The lowest BCUT2D eigenvalue weighted by atomic mass is 10.0. The number of carbonyl (C=O) groups is 1. The van der Waals surface area contributed by atoms with Gasteiger partial charge in [-0.25, -0.2) is 0 Å². The molecule has 0 aromatic heterocycles. The minimum absolute atomic E-state index is 0.182. The van der Waals surface area contributed by atoms with Crippen molar-refractivity contribution in [2.75, 3.05) is 45.5 Å². The number of hydrogen-bond donors (Lipinski definition) is 1. The van der Waals surface area contributed by atoms with E-state index in [0.29, 0.717) is 6.04 Å². The molecule has 2 fully saturated rings. The number of nitrogens with one attached hydrogen (secondary N) is 1. The van der Waals surface area contributed by atoms with E-state index in [-0.39, 0.29) is 5.91 Å². The van der Waals surface area contributed by atoms with Crippen molar-refractivity contribution in [2.24, 2.45) is 0 Å². The third-order valence-electron chi connectivity index (χ3n) is 4.15. The standard InChI is InChI=1S/C15H21N3OS/c1-20-14-5-3-2-4-13(14)15(19)18-10-12(11-18)17-8-6-16-7-9-17/h2-5,12,16H,6-11H2,1H3. The second kappa shape index (κ2) is 6.16. The van der Waals surface area contributed by atoms with Crippen LogP contribution in [0.2, 0.25) is 0 Å². The van der Waals surface area contributed by atoms with Crippen LogP contribution in [0.3, 0.4) is 0 Å². The summed E-state index contributed by atoms with van der Waals surface area (Å²) in [6.45, 7) is 6.10. The minimum atomic E-state index is 0.182. The average molecular weight is 291 g/mol. The zero-order chi connectivity index (χ0) is 13.9. The zero-order valence-corrected chi connectivity index (χ0v) is 12.7. The average Bonchev–Trinajstić information content (AvgIpc) is 2.46. The van der Waals surface area contributed by atoms with Gasteiger partial charge in [0, 0.05) is 50.2 Å². The Hall–Kier alpha value is -1.04. The number of benzene rings is 1. The Morgan fingerprint density at radius 3 is 2.65 bits per heavy atom.